The average Bonchev–Trinajstić information content (AvgIpc) is 2.62. The van der Waals surface area contributed by atoms with Crippen LogP contribution >= 0.6 is 15.9 Å². The summed E-state index contributed by atoms with van der Waals surface area (Å²) in [7, 11) is 0. The molecule has 2 aromatic rings. The van der Waals surface area contributed by atoms with E-state index < -0.39 is 0 Å². The van der Waals surface area contributed by atoms with Crippen molar-refractivity contribution in [1.29, 1.82) is 0 Å². The zero-order valence-electron chi connectivity index (χ0n) is 14.2. The van der Waals surface area contributed by atoms with Crippen LogP contribution in [0.4, 0.5) is 0 Å². The lowest BCUT2D eigenvalue weighted by Gasteiger charge is -2.32. The summed E-state index contributed by atoms with van der Waals surface area (Å²) in [5.74, 6) is 0.00128. The molecule has 1 saturated heterocycles. The molecular formula is C20H21BrN2O2. The number of benzene rings is 2. The van der Waals surface area contributed by atoms with Gasteiger partial charge in [-0.15, -0.1) is 0 Å². The molecular weight excluding hydrogens is 380 g/mol. The summed E-state index contributed by atoms with van der Waals surface area (Å²) in [6.07, 6.45) is 1.55. The molecule has 0 bridgehead atoms. The molecule has 5 heteroatoms. The van der Waals surface area contributed by atoms with Gasteiger partial charge >= 0.3 is 0 Å². The van der Waals surface area contributed by atoms with Crippen molar-refractivity contribution in [3.05, 3.63) is 69.7 Å². The van der Waals surface area contributed by atoms with Crippen LogP contribution in [0.1, 0.15) is 39.1 Å². The Balaban J connectivity index is 1.54. The SMILES string of the molecule is Cc1ccc(C(=O)NC2CCN(C(=O)c3cccc(Br)c3)CC2)cc1. The van der Waals surface area contributed by atoms with E-state index in [0.29, 0.717) is 24.2 Å². The van der Waals surface area contributed by atoms with Crippen molar-refractivity contribution in [2.75, 3.05) is 13.1 Å². The van der Waals surface area contributed by atoms with Gasteiger partial charge in [0.05, 0.1) is 0 Å². The Labute approximate surface area is 156 Å². The Bertz CT molecular complexity index is 766. The smallest absolute Gasteiger partial charge is 0.253 e. The number of aryl methyl sites for hydroxylation is 1. The summed E-state index contributed by atoms with van der Waals surface area (Å²) in [4.78, 5) is 26.7. The van der Waals surface area contributed by atoms with Crippen LogP contribution in [-0.4, -0.2) is 35.8 Å². The van der Waals surface area contributed by atoms with Crippen LogP contribution in [0.2, 0.25) is 0 Å². The molecule has 2 aromatic carbocycles. The molecule has 4 nitrogen and oxygen atoms in total. The maximum Gasteiger partial charge on any atom is 0.253 e. The van der Waals surface area contributed by atoms with Crippen LogP contribution in [0.5, 0.6) is 0 Å². The van der Waals surface area contributed by atoms with Gasteiger partial charge in [0.2, 0.25) is 0 Å². The normalized spacial score (nSPS) is 15.0. The average molecular weight is 401 g/mol. The number of amides is 2. The van der Waals surface area contributed by atoms with E-state index in [9.17, 15) is 9.59 Å². The number of carbonyl (C=O) groups excluding carboxylic acids is 2. The molecule has 1 aliphatic rings. The van der Waals surface area contributed by atoms with Gasteiger partial charge in [-0.25, -0.2) is 0 Å². The molecule has 0 radical (unpaired) electrons. The van der Waals surface area contributed by atoms with Crippen molar-refractivity contribution >= 4 is 27.7 Å². The van der Waals surface area contributed by atoms with Gasteiger partial charge in [-0.2, -0.15) is 0 Å². The minimum Gasteiger partial charge on any atom is -0.349 e. The molecule has 0 aliphatic carbocycles. The van der Waals surface area contributed by atoms with Crippen molar-refractivity contribution in [3.63, 3.8) is 0 Å². The Morgan fingerprint density at radius 3 is 2.36 bits per heavy atom. The first-order valence-electron chi connectivity index (χ1n) is 8.45. The lowest BCUT2D eigenvalue weighted by atomic mass is 10.0. The van der Waals surface area contributed by atoms with Gasteiger partial charge in [0.15, 0.2) is 0 Å². The Hall–Kier alpha value is -2.14. The number of rotatable bonds is 3. The largest absolute Gasteiger partial charge is 0.349 e. The van der Waals surface area contributed by atoms with Gasteiger partial charge in [-0.3, -0.25) is 9.59 Å². The van der Waals surface area contributed by atoms with Gasteiger partial charge in [0.1, 0.15) is 0 Å². The second kappa shape index (κ2) is 7.83. The van der Waals surface area contributed by atoms with Crippen LogP contribution in [0, 0.1) is 6.92 Å². The highest BCUT2D eigenvalue weighted by Gasteiger charge is 2.24. The predicted molar refractivity (Wildman–Crippen MR) is 102 cm³/mol. The van der Waals surface area contributed by atoms with Gasteiger partial charge in [0.25, 0.3) is 11.8 Å². The van der Waals surface area contributed by atoms with E-state index in [4.69, 9.17) is 0 Å². The van der Waals surface area contributed by atoms with E-state index >= 15 is 0 Å². The monoisotopic (exact) mass is 400 g/mol. The lowest BCUT2D eigenvalue weighted by Crippen LogP contribution is -2.46. The summed E-state index contributed by atoms with van der Waals surface area (Å²) in [5, 5.41) is 3.08. The summed E-state index contributed by atoms with van der Waals surface area (Å²) >= 11 is 3.40. The molecule has 1 aliphatic heterocycles. The van der Waals surface area contributed by atoms with Crippen LogP contribution in [0.15, 0.2) is 53.0 Å². The minimum absolute atomic E-state index is 0.0447. The highest BCUT2D eigenvalue weighted by molar-refractivity contribution is 9.10. The number of nitrogens with one attached hydrogen (secondary N) is 1. The van der Waals surface area contributed by atoms with Gasteiger partial charge in [-0.05, 0) is 50.1 Å². The summed E-state index contributed by atoms with van der Waals surface area (Å²) in [5.41, 5.74) is 2.51. The number of hydrogen-bond donors (Lipinski definition) is 1. The third-order valence-corrected chi connectivity index (χ3v) is 5.00. The molecule has 3 rings (SSSR count). The first kappa shape index (κ1) is 17.7. The van der Waals surface area contributed by atoms with Crippen LogP contribution in [0.25, 0.3) is 0 Å². The number of halogens is 1. The van der Waals surface area contributed by atoms with Gasteiger partial charge in [-0.1, -0.05) is 39.7 Å². The standard InChI is InChI=1S/C20H21BrN2O2/c1-14-5-7-15(8-6-14)19(24)22-18-9-11-23(12-10-18)20(25)16-3-2-4-17(21)13-16/h2-8,13,18H,9-12H2,1H3,(H,22,24). The van der Waals surface area contributed by atoms with Crippen molar-refractivity contribution in [2.24, 2.45) is 0 Å². The third kappa shape index (κ3) is 4.48. The molecule has 0 unspecified atom stereocenters. The van der Waals surface area contributed by atoms with Crippen molar-refractivity contribution in [3.8, 4) is 0 Å². The van der Waals surface area contributed by atoms with Crippen molar-refractivity contribution < 1.29 is 9.59 Å². The number of hydrogen-bond acceptors (Lipinski definition) is 2. The Morgan fingerprint density at radius 1 is 1.04 bits per heavy atom. The molecule has 0 atom stereocenters. The van der Waals surface area contributed by atoms with Crippen molar-refractivity contribution in [2.45, 2.75) is 25.8 Å². The van der Waals surface area contributed by atoms with Gasteiger partial charge < -0.3 is 10.2 Å². The van der Waals surface area contributed by atoms with E-state index in [1.807, 2.05) is 60.4 Å². The highest BCUT2D eigenvalue weighted by atomic mass is 79.9. The summed E-state index contributed by atoms with van der Waals surface area (Å²) in [6, 6.07) is 15.1. The van der Waals surface area contributed by atoms with E-state index in [2.05, 4.69) is 21.2 Å². The molecule has 0 saturated carbocycles. The Morgan fingerprint density at radius 2 is 1.72 bits per heavy atom. The van der Waals surface area contributed by atoms with E-state index in [1.54, 1.807) is 0 Å². The molecule has 0 spiro atoms. The molecule has 1 fully saturated rings. The first-order valence-corrected chi connectivity index (χ1v) is 9.24. The van der Waals surface area contributed by atoms with E-state index in [-0.39, 0.29) is 17.9 Å². The quantitative estimate of drug-likeness (QED) is 0.851. The predicted octanol–water partition coefficient (Wildman–Crippen LogP) is 3.79. The molecule has 25 heavy (non-hydrogen) atoms. The summed E-state index contributed by atoms with van der Waals surface area (Å²) < 4.78 is 0.901. The highest BCUT2D eigenvalue weighted by Crippen LogP contribution is 2.17. The fraction of sp³-hybridized carbons (Fsp3) is 0.300. The fourth-order valence-corrected chi connectivity index (χ4v) is 3.40. The minimum atomic E-state index is -0.0447. The second-order valence-electron chi connectivity index (χ2n) is 6.42. The molecule has 1 N–H and O–H groups in total. The number of likely N-dealkylation sites (tertiary alicyclic amines) is 1. The zero-order chi connectivity index (χ0) is 17.8. The maximum absolute atomic E-state index is 12.6. The molecule has 130 valence electrons. The Kier molecular flexibility index (Phi) is 5.53. The van der Waals surface area contributed by atoms with E-state index in [0.717, 1.165) is 22.9 Å². The van der Waals surface area contributed by atoms with Crippen molar-refractivity contribution in [1.82, 2.24) is 10.2 Å². The molecule has 0 aromatic heterocycles. The maximum atomic E-state index is 12.6. The first-order chi connectivity index (χ1) is 12.0. The number of carbonyl (C=O) groups is 2. The number of piperidine rings is 1. The third-order valence-electron chi connectivity index (χ3n) is 4.50. The topological polar surface area (TPSA) is 49.4 Å². The van der Waals surface area contributed by atoms with E-state index in [1.165, 1.54) is 0 Å². The summed E-state index contributed by atoms with van der Waals surface area (Å²) in [6.45, 7) is 3.31. The fourth-order valence-electron chi connectivity index (χ4n) is 3.00. The number of nitrogens with zero attached hydrogens (tertiary/aromatic N) is 1. The van der Waals surface area contributed by atoms with Crippen LogP contribution in [0.3, 0.4) is 0 Å². The van der Waals surface area contributed by atoms with Crippen LogP contribution < -0.4 is 5.32 Å². The van der Waals surface area contributed by atoms with Gasteiger partial charge in [0, 0.05) is 34.7 Å². The zero-order valence-corrected chi connectivity index (χ0v) is 15.8. The molecule has 1 heterocycles. The lowest BCUT2D eigenvalue weighted by molar-refractivity contribution is 0.0698. The molecule has 2 amide bonds. The second-order valence-corrected chi connectivity index (χ2v) is 7.33. The van der Waals surface area contributed by atoms with Crippen LogP contribution in [-0.2, 0) is 0 Å².